The van der Waals surface area contributed by atoms with Gasteiger partial charge >= 0.3 is 5.97 Å². The lowest BCUT2D eigenvalue weighted by molar-refractivity contribution is -0.143. The molecule has 1 heterocycles. The van der Waals surface area contributed by atoms with Crippen LogP contribution in [0.2, 0.25) is 0 Å². The van der Waals surface area contributed by atoms with Crippen LogP contribution in [0.3, 0.4) is 0 Å². The molecule has 0 spiro atoms. The number of aryl methyl sites for hydroxylation is 1. The molecule has 1 aliphatic heterocycles. The number of aliphatic carboxylic acids is 1. The van der Waals surface area contributed by atoms with Crippen LogP contribution >= 0.6 is 0 Å². The lowest BCUT2D eigenvalue weighted by Gasteiger charge is -2.33. The zero-order valence-corrected chi connectivity index (χ0v) is 13.1. The molecule has 0 saturated carbocycles. The van der Waals surface area contributed by atoms with Crippen molar-refractivity contribution >= 4 is 16.0 Å². The van der Waals surface area contributed by atoms with Gasteiger partial charge in [-0.25, -0.2) is 8.42 Å². The average molecular weight is 311 g/mol. The van der Waals surface area contributed by atoms with Crippen LogP contribution in [-0.4, -0.2) is 36.9 Å². The van der Waals surface area contributed by atoms with Crippen molar-refractivity contribution in [1.29, 1.82) is 0 Å². The number of hydrogen-bond acceptors (Lipinski definition) is 3. The maximum Gasteiger partial charge on any atom is 0.307 e. The van der Waals surface area contributed by atoms with Crippen LogP contribution in [0.1, 0.15) is 25.8 Å². The van der Waals surface area contributed by atoms with E-state index in [1.807, 2.05) is 19.9 Å². The summed E-state index contributed by atoms with van der Waals surface area (Å²) in [7, 11) is -3.62. The number of carbonyl (C=O) groups is 1. The van der Waals surface area contributed by atoms with E-state index in [0.717, 1.165) is 12.0 Å². The Morgan fingerprint density at radius 2 is 2.10 bits per heavy atom. The number of nitrogens with zero attached hydrogens (tertiary/aromatic N) is 1. The smallest absolute Gasteiger partial charge is 0.307 e. The van der Waals surface area contributed by atoms with Gasteiger partial charge in [-0.3, -0.25) is 4.79 Å². The third-order valence-corrected chi connectivity index (χ3v) is 5.75. The molecule has 0 bridgehead atoms. The number of carboxylic acids is 1. The Morgan fingerprint density at radius 3 is 2.71 bits per heavy atom. The molecule has 1 aromatic rings. The van der Waals surface area contributed by atoms with Crippen LogP contribution < -0.4 is 0 Å². The maximum absolute atomic E-state index is 12.7. The van der Waals surface area contributed by atoms with E-state index in [-0.39, 0.29) is 17.4 Å². The Labute approximate surface area is 125 Å². The van der Waals surface area contributed by atoms with E-state index in [2.05, 4.69) is 0 Å². The van der Waals surface area contributed by atoms with Gasteiger partial charge in [0, 0.05) is 13.1 Å². The van der Waals surface area contributed by atoms with Gasteiger partial charge in [0.2, 0.25) is 10.0 Å². The van der Waals surface area contributed by atoms with Crippen molar-refractivity contribution in [3.63, 3.8) is 0 Å². The molecular weight excluding hydrogens is 290 g/mol. The minimum Gasteiger partial charge on any atom is -0.481 e. The van der Waals surface area contributed by atoms with Gasteiger partial charge in [0.05, 0.1) is 10.8 Å². The van der Waals surface area contributed by atoms with Gasteiger partial charge in [0.25, 0.3) is 0 Å². The molecule has 1 saturated heterocycles. The van der Waals surface area contributed by atoms with Gasteiger partial charge in [0.1, 0.15) is 0 Å². The van der Waals surface area contributed by atoms with Crippen molar-refractivity contribution in [1.82, 2.24) is 4.31 Å². The zero-order valence-electron chi connectivity index (χ0n) is 12.3. The van der Waals surface area contributed by atoms with Crippen LogP contribution in [0.4, 0.5) is 0 Å². The first-order valence-electron chi connectivity index (χ1n) is 7.16. The van der Waals surface area contributed by atoms with Gasteiger partial charge in [0.15, 0.2) is 0 Å². The van der Waals surface area contributed by atoms with Crippen molar-refractivity contribution in [2.24, 2.45) is 11.8 Å². The number of benzene rings is 1. The van der Waals surface area contributed by atoms with Gasteiger partial charge < -0.3 is 5.11 Å². The zero-order chi connectivity index (χ0) is 15.6. The minimum atomic E-state index is -3.62. The summed E-state index contributed by atoms with van der Waals surface area (Å²) in [5.74, 6) is -1.51. The summed E-state index contributed by atoms with van der Waals surface area (Å²) in [5.41, 5.74) is 0.955. The molecule has 2 unspecified atom stereocenters. The Kier molecular flexibility index (Phi) is 4.68. The molecule has 1 fully saturated rings. The molecular formula is C15H21NO4S. The highest BCUT2D eigenvalue weighted by molar-refractivity contribution is 7.89. The van der Waals surface area contributed by atoms with Crippen LogP contribution in [0.5, 0.6) is 0 Å². The molecule has 0 aliphatic carbocycles. The lowest BCUT2D eigenvalue weighted by atomic mass is 9.92. The van der Waals surface area contributed by atoms with Crippen molar-refractivity contribution < 1.29 is 18.3 Å². The lowest BCUT2D eigenvalue weighted by Crippen LogP contribution is -2.45. The Bertz CT molecular complexity index is 626. The molecule has 1 N–H and O–H groups in total. The number of carboxylic acid groups (broad SMARTS) is 1. The summed E-state index contributed by atoms with van der Waals surface area (Å²) in [6.45, 7) is 4.29. The summed E-state index contributed by atoms with van der Waals surface area (Å²) in [6, 6.07) is 6.86. The second-order valence-corrected chi connectivity index (χ2v) is 7.64. The van der Waals surface area contributed by atoms with Crippen molar-refractivity contribution in [2.75, 3.05) is 13.1 Å². The molecule has 2 atom stereocenters. The topological polar surface area (TPSA) is 74.7 Å². The molecule has 0 radical (unpaired) electrons. The maximum atomic E-state index is 12.7. The molecule has 1 aromatic carbocycles. The summed E-state index contributed by atoms with van der Waals surface area (Å²) < 4.78 is 26.7. The van der Waals surface area contributed by atoms with E-state index in [1.165, 1.54) is 4.31 Å². The fraction of sp³-hybridized carbons (Fsp3) is 0.533. The van der Waals surface area contributed by atoms with Crippen LogP contribution in [0.15, 0.2) is 29.2 Å². The monoisotopic (exact) mass is 311 g/mol. The van der Waals surface area contributed by atoms with Gasteiger partial charge in [-0.15, -0.1) is 0 Å². The Morgan fingerprint density at radius 1 is 1.38 bits per heavy atom. The second kappa shape index (κ2) is 6.15. The molecule has 2 rings (SSSR count). The number of rotatable bonds is 4. The van der Waals surface area contributed by atoms with Gasteiger partial charge in [-0.2, -0.15) is 4.31 Å². The van der Waals surface area contributed by atoms with Crippen molar-refractivity contribution in [2.45, 2.75) is 31.6 Å². The van der Waals surface area contributed by atoms with E-state index >= 15 is 0 Å². The van der Waals surface area contributed by atoms with Gasteiger partial charge in [-0.05, 0) is 36.5 Å². The Hall–Kier alpha value is -1.40. The van der Waals surface area contributed by atoms with E-state index in [1.54, 1.807) is 18.2 Å². The highest BCUT2D eigenvalue weighted by atomic mass is 32.2. The largest absolute Gasteiger partial charge is 0.481 e. The van der Waals surface area contributed by atoms with Gasteiger partial charge in [-0.1, -0.05) is 26.0 Å². The predicted octanol–water partition coefficient (Wildman–Crippen LogP) is 1.98. The highest BCUT2D eigenvalue weighted by Gasteiger charge is 2.36. The van der Waals surface area contributed by atoms with Crippen LogP contribution in [0, 0.1) is 11.8 Å². The average Bonchev–Trinajstić information content (AvgIpc) is 2.46. The summed E-state index contributed by atoms with van der Waals surface area (Å²) in [5, 5.41) is 9.17. The third-order valence-electron chi connectivity index (χ3n) is 3.92. The summed E-state index contributed by atoms with van der Waals surface area (Å²) >= 11 is 0. The molecule has 1 aliphatic rings. The van der Waals surface area contributed by atoms with Crippen molar-refractivity contribution in [3.05, 3.63) is 29.8 Å². The summed E-state index contributed by atoms with van der Waals surface area (Å²) in [6.07, 6.45) is 1.29. The Balaban J connectivity index is 2.31. The van der Waals surface area contributed by atoms with E-state index in [0.29, 0.717) is 13.0 Å². The molecule has 116 valence electrons. The number of piperidine rings is 1. The SMILES string of the molecule is CCc1cccc(S(=O)(=O)N2CC(C)CC(C(=O)O)C2)c1. The molecule has 6 heteroatoms. The molecule has 21 heavy (non-hydrogen) atoms. The van der Waals surface area contributed by atoms with E-state index in [4.69, 9.17) is 0 Å². The van der Waals surface area contributed by atoms with Crippen LogP contribution in [-0.2, 0) is 21.2 Å². The first-order chi connectivity index (χ1) is 9.84. The molecule has 0 amide bonds. The summed E-state index contributed by atoms with van der Waals surface area (Å²) in [4.78, 5) is 11.4. The molecule has 0 aromatic heterocycles. The minimum absolute atomic E-state index is 0.0454. The first kappa shape index (κ1) is 16.0. The number of hydrogen-bond donors (Lipinski definition) is 1. The fourth-order valence-electron chi connectivity index (χ4n) is 2.75. The first-order valence-corrected chi connectivity index (χ1v) is 8.60. The van der Waals surface area contributed by atoms with Crippen molar-refractivity contribution in [3.8, 4) is 0 Å². The highest BCUT2D eigenvalue weighted by Crippen LogP contribution is 2.27. The number of sulfonamides is 1. The predicted molar refractivity (Wildman–Crippen MR) is 79.5 cm³/mol. The quantitative estimate of drug-likeness (QED) is 0.922. The standard InChI is InChI=1S/C15H21NO4S/c1-3-12-5-4-6-14(8-12)21(19,20)16-9-11(2)7-13(10-16)15(17)18/h4-6,8,11,13H,3,7,9-10H2,1-2H3,(H,17,18). The van der Waals surface area contributed by atoms with Crippen LogP contribution in [0.25, 0.3) is 0 Å². The second-order valence-electron chi connectivity index (χ2n) is 5.70. The molecule has 5 nitrogen and oxygen atoms in total. The normalized spacial score (nSPS) is 23.9. The fourth-order valence-corrected chi connectivity index (χ4v) is 4.43. The third kappa shape index (κ3) is 3.44. The van der Waals surface area contributed by atoms with E-state index in [9.17, 15) is 18.3 Å². The van der Waals surface area contributed by atoms with E-state index < -0.39 is 21.9 Å².